The van der Waals surface area contributed by atoms with Crippen LogP contribution in [0.5, 0.6) is 11.6 Å². The van der Waals surface area contributed by atoms with Gasteiger partial charge in [0.1, 0.15) is 11.9 Å². The molecule has 0 N–H and O–H groups in total. The molecule has 0 atom stereocenters. The Hall–Kier alpha value is -1.48. The third-order valence-electron chi connectivity index (χ3n) is 1.91. The average Bonchev–Trinajstić information content (AvgIpc) is 2.28. The van der Waals surface area contributed by atoms with Gasteiger partial charge in [0.05, 0.1) is 4.92 Å². The Morgan fingerprint density at radius 2 is 2.22 bits per heavy atom. The van der Waals surface area contributed by atoms with Crippen LogP contribution in [0.15, 0.2) is 30.5 Å². The standard InChI is InChI=1S/C10H5ClIN3O3/c11-10-13-5-8(15(16)17)9(14-10)18-7-3-1-2-6(12)4-7/h1-5H. The van der Waals surface area contributed by atoms with E-state index in [0.717, 1.165) is 9.77 Å². The van der Waals surface area contributed by atoms with Crippen LogP contribution in [0.25, 0.3) is 0 Å². The number of benzene rings is 1. The normalized spacial score (nSPS) is 10.1. The average molecular weight is 378 g/mol. The van der Waals surface area contributed by atoms with E-state index >= 15 is 0 Å². The summed E-state index contributed by atoms with van der Waals surface area (Å²) in [4.78, 5) is 17.4. The molecule has 0 bridgehead atoms. The van der Waals surface area contributed by atoms with Crippen LogP contribution in [0, 0.1) is 13.7 Å². The lowest BCUT2D eigenvalue weighted by molar-refractivity contribution is -0.386. The van der Waals surface area contributed by atoms with Gasteiger partial charge in [0.25, 0.3) is 0 Å². The van der Waals surface area contributed by atoms with Crippen molar-refractivity contribution in [3.8, 4) is 11.6 Å². The van der Waals surface area contributed by atoms with Gasteiger partial charge < -0.3 is 4.74 Å². The summed E-state index contributed by atoms with van der Waals surface area (Å²) in [6, 6.07) is 7.03. The lowest BCUT2D eigenvalue weighted by Crippen LogP contribution is -1.97. The second kappa shape index (κ2) is 5.44. The molecule has 0 amide bonds. The van der Waals surface area contributed by atoms with E-state index in [1.54, 1.807) is 18.2 Å². The number of nitrogens with zero attached hydrogens (tertiary/aromatic N) is 3. The molecule has 0 saturated carbocycles. The molecule has 0 unspecified atom stereocenters. The topological polar surface area (TPSA) is 78.2 Å². The molecule has 0 aliphatic heterocycles. The molecule has 6 nitrogen and oxygen atoms in total. The van der Waals surface area contributed by atoms with Crippen LogP contribution in [0.2, 0.25) is 5.28 Å². The van der Waals surface area contributed by atoms with Crippen LogP contribution in [0.4, 0.5) is 5.69 Å². The zero-order valence-corrected chi connectivity index (χ0v) is 11.6. The first-order chi connectivity index (χ1) is 8.56. The second-order valence-electron chi connectivity index (χ2n) is 3.15. The van der Waals surface area contributed by atoms with Gasteiger partial charge in [-0.2, -0.15) is 4.98 Å². The van der Waals surface area contributed by atoms with Gasteiger partial charge in [0, 0.05) is 3.57 Å². The minimum Gasteiger partial charge on any atom is -0.434 e. The van der Waals surface area contributed by atoms with Crippen molar-refractivity contribution in [2.45, 2.75) is 0 Å². The van der Waals surface area contributed by atoms with Crippen LogP contribution in [0.3, 0.4) is 0 Å². The first kappa shape index (κ1) is 13.0. The van der Waals surface area contributed by atoms with Gasteiger partial charge in [-0.05, 0) is 52.4 Å². The third-order valence-corrected chi connectivity index (χ3v) is 2.77. The fraction of sp³-hybridized carbons (Fsp3) is 0. The van der Waals surface area contributed by atoms with Gasteiger partial charge in [-0.3, -0.25) is 10.1 Å². The van der Waals surface area contributed by atoms with Crippen molar-refractivity contribution in [2.75, 3.05) is 0 Å². The number of rotatable bonds is 3. The molecule has 0 fully saturated rings. The van der Waals surface area contributed by atoms with Crippen LogP contribution in [-0.4, -0.2) is 14.9 Å². The predicted molar refractivity (Wildman–Crippen MR) is 72.9 cm³/mol. The van der Waals surface area contributed by atoms with Crippen molar-refractivity contribution in [2.24, 2.45) is 0 Å². The van der Waals surface area contributed by atoms with Crippen molar-refractivity contribution < 1.29 is 9.66 Å². The van der Waals surface area contributed by atoms with Crippen molar-refractivity contribution in [1.82, 2.24) is 9.97 Å². The van der Waals surface area contributed by atoms with Gasteiger partial charge in [-0.15, -0.1) is 0 Å². The largest absolute Gasteiger partial charge is 0.434 e. The summed E-state index contributed by atoms with van der Waals surface area (Å²) in [6.07, 6.45) is 1.01. The van der Waals surface area contributed by atoms with E-state index in [4.69, 9.17) is 16.3 Å². The Morgan fingerprint density at radius 1 is 1.44 bits per heavy atom. The quantitative estimate of drug-likeness (QED) is 0.354. The molecular weight excluding hydrogens is 372 g/mol. The molecule has 0 saturated heterocycles. The Morgan fingerprint density at radius 3 is 2.89 bits per heavy atom. The minimum absolute atomic E-state index is 0.110. The van der Waals surface area contributed by atoms with E-state index < -0.39 is 4.92 Å². The number of hydrogen-bond donors (Lipinski definition) is 0. The smallest absolute Gasteiger partial charge is 0.349 e. The van der Waals surface area contributed by atoms with E-state index in [2.05, 4.69) is 32.6 Å². The molecule has 92 valence electrons. The second-order valence-corrected chi connectivity index (χ2v) is 4.73. The van der Waals surface area contributed by atoms with E-state index in [-0.39, 0.29) is 16.9 Å². The van der Waals surface area contributed by atoms with Crippen LogP contribution >= 0.6 is 34.2 Å². The first-order valence-electron chi connectivity index (χ1n) is 4.66. The highest BCUT2D eigenvalue weighted by Crippen LogP contribution is 2.29. The third kappa shape index (κ3) is 3.05. The monoisotopic (exact) mass is 377 g/mol. The molecule has 2 rings (SSSR count). The zero-order valence-electron chi connectivity index (χ0n) is 8.71. The molecule has 0 spiro atoms. The number of hydrogen-bond acceptors (Lipinski definition) is 5. The zero-order chi connectivity index (χ0) is 13.1. The Bertz CT molecular complexity index is 609. The van der Waals surface area contributed by atoms with Gasteiger partial charge in [0.15, 0.2) is 0 Å². The summed E-state index contributed by atoms with van der Waals surface area (Å²) in [5.74, 6) is 0.266. The molecule has 2 aromatic rings. The molecular formula is C10H5ClIN3O3. The summed E-state index contributed by atoms with van der Waals surface area (Å²) in [6.45, 7) is 0. The maximum absolute atomic E-state index is 10.8. The molecule has 1 aromatic heterocycles. The maximum atomic E-state index is 10.8. The van der Waals surface area contributed by atoms with Crippen molar-refractivity contribution >= 4 is 39.9 Å². The highest BCUT2D eigenvalue weighted by atomic mass is 127. The fourth-order valence-electron chi connectivity index (χ4n) is 1.18. The van der Waals surface area contributed by atoms with Crippen molar-refractivity contribution in [1.29, 1.82) is 0 Å². The molecule has 0 radical (unpaired) electrons. The lowest BCUT2D eigenvalue weighted by atomic mass is 10.3. The molecule has 1 heterocycles. The highest BCUT2D eigenvalue weighted by Gasteiger charge is 2.19. The highest BCUT2D eigenvalue weighted by molar-refractivity contribution is 14.1. The van der Waals surface area contributed by atoms with Crippen LogP contribution in [0.1, 0.15) is 0 Å². The number of nitro groups is 1. The Labute approximate surface area is 120 Å². The molecule has 0 aliphatic rings. The summed E-state index contributed by atoms with van der Waals surface area (Å²) in [5, 5.41) is 10.7. The van der Waals surface area contributed by atoms with E-state index in [1.807, 2.05) is 6.07 Å². The first-order valence-corrected chi connectivity index (χ1v) is 6.12. The number of aromatic nitrogens is 2. The van der Waals surface area contributed by atoms with Gasteiger partial charge in [0.2, 0.25) is 5.28 Å². The van der Waals surface area contributed by atoms with Crippen LogP contribution < -0.4 is 4.74 Å². The number of ether oxygens (including phenoxy) is 1. The summed E-state index contributed by atoms with van der Waals surface area (Å²) in [7, 11) is 0. The molecule has 8 heteroatoms. The Balaban J connectivity index is 2.39. The van der Waals surface area contributed by atoms with E-state index in [1.165, 1.54) is 0 Å². The fourth-order valence-corrected chi connectivity index (χ4v) is 1.82. The lowest BCUT2D eigenvalue weighted by Gasteiger charge is -2.05. The Kier molecular flexibility index (Phi) is 3.92. The summed E-state index contributed by atoms with van der Waals surface area (Å²) < 4.78 is 6.29. The summed E-state index contributed by atoms with van der Waals surface area (Å²) in [5.41, 5.74) is -0.335. The van der Waals surface area contributed by atoms with Gasteiger partial charge in [-0.25, -0.2) is 4.98 Å². The van der Waals surface area contributed by atoms with E-state index in [9.17, 15) is 10.1 Å². The SMILES string of the molecule is O=[N+]([O-])c1cnc(Cl)nc1Oc1cccc(I)c1. The van der Waals surface area contributed by atoms with Crippen molar-refractivity contribution in [3.63, 3.8) is 0 Å². The van der Waals surface area contributed by atoms with Gasteiger partial charge >= 0.3 is 11.6 Å². The molecule has 18 heavy (non-hydrogen) atoms. The van der Waals surface area contributed by atoms with Crippen molar-refractivity contribution in [3.05, 3.63) is 49.4 Å². The molecule has 0 aliphatic carbocycles. The van der Waals surface area contributed by atoms with Crippen LogP contribution in [-0.2, 0) is 0 Å². The predicted octanol–water partition coefficient (Wildman–Crippen LogP) is 3.44. The molecule has 1 aromatic carbocycles. The minimum atomic E-state index is -0.625. The summed E-state index contributed by atoms with van der Waals surface area (Å²) >= 11 is 7.70. The van der Waals surface area contributed by atoms with Gasteiger partial charge in [-0.1, -0.05) is 6.07 Å². The number of halogens is 2. The maximum Gasteiger partial charge on any atom is 0.349 e. The van der Waals surface area contributed by atoms with E-state index in [0.29, 0.717) is 5.75 Å².